The topological polar surface area (TPSA) is 126 Å². The number of fused-ring (bicyclic) bond motifs is 1. The molecule has 1 heterocycles. The molecule has 0 aliphatic rings. The van der Waals surface area contributed by atoms with Crippen molar-refractivity contribution < 1.29 is 24.6 Å². The Hall–Kier alpha value is -3.88. The molecule has 0 spiro atoms. The molecule has 9 nitrogen and oxygen atoms in total. The number of nitrogens with zero attached hydrogens (tertiary/aromatic N) is 3. The number of imidazole rings is 1. The summed E-state index contributed by atoms with van der Waals surface area (Å²) in [5.41, 5.74) is 5.32. The number of carboxylic acids is 2. The number of carboxylic acid groups (broad SMARTS) is 2. The molecule has 0 aliphatic heterocycles. The zero-order valence-corrected chi connectivity index (χ0v) is 15.0. The Labute approximate surface area is 159 Å². The lowest BCUT2D eigenvalue weighted by Crippen LogP contribution is -2.36. The van der Waals surface area contributed by atoms with Gasteiger partial charge in [-0.05, 0) is 24.6 Å². The highest BCUT2D eigenvalue weighted by Crippen LogP contribution is 2.15. The molecule has 0 radical (unpaired) electrons. The van der Waals surface area contributed by atoms with Crippen molar-refractivity contribution in [1.82, 2.24) is 14.6 Å². The predicted octanol–water partition coefficient (Wildman–Crippen LogP) is 1.01. The van der Waals surface area contributed by atoms with Crippen LogP contribution in [0.25, 0.3) is 11.0 Å². The SMILES string of the molecule is Cc1ccc(Cn2/c(=N\NCC(=O)O)n(C(=O)C(=O)O)c3ccccc32)cc1. The summed E-state index contributed by atoms with van der Waals surface area (Å²) >= 11 is 0. The summed E-state index contributed by atoms with van der Waals surface area (Å²) in [4.78, 5) is 34.5. The maximum atomic E-state index is 12.3. The fourth-order valence-corrected chi connectivity index (χ4v) is 2.83. The number of aryl methyl sites for hydroxylation is 1. The van der Waals surface area contributed by atoms with Crippen LogP contribution in [0.3, 0.4) is 0 Å². The van der Waals surface area contributed by atoms with Gasteiger partial charge in [-0.2, -0.15) is 0 Å². The first-order chi connectivity index (χ1) is 13.4. The molecule has 9 heteroatoms. The highest BCUT2D eigenvalue weighted by Gasteiger charge is 2.22. The van der Waals surface area contributed by atoms with Crippen LogP contribution < -0.4 is 11.0 Å². The maximum Gasteiger partial charge on any atom is 0.395 e. The van der Waals surface area contributed by atoms with E-state index < -0.39 is 24.4 Å². The van der Waals surface area contributed by atoms with Gasteiger partial charge in [0.15, 0.2) is 0 Å². The van der Waals surface area contributed by atoms with E-state index in [9.17, 15) is 19.5 Å². The second-order valence-corrected chi connectivity index (χ2v) is 6.15. The van der Waals surface area contributed by atoms with Crippen molar-refractivity contribution in [2.45, 2.75) is 13.5 Å². The van der Waals surface area contributed by atoms with Crippen molar-refractivity contribution in [3.63, 3.8) is 0 Å². The number of para-hydroxylation sites is 2. The third-order valence-electron chi connectivity index (χ3n) is 4.11. The number of hydrogen-bond donors (Lipinski definition) is 3. The quantitative estimate of drug-likeness (QED) is 0.447. The fraction of sp³-hybridized carbons (Fsp3) is 0.158. The Kier molecular flexibility index (Phi) is 5.25. The molecular weight excluding hydrogens is 364 g/mol. The second-order valence-electron chi connectivity index (χ2n) is 6.15. The first-order valence-corrected chi connectivity index (χ1v) is 8.40. The number of carbonyl (C=O) groups excluding carboxylic acids is 1. The van der Waals surface area contributed by atoms with Gasteiger partial charge in [0, 0.05) is 0 Å². The van der Waals surface area contributed by atoms with Crippen LogP contribution in [-0.4, -0.2) is 43.7 Å². The first-order valence-electron chi connectivity index (χ1n) is 8.40. The summed E-state index contributed by atoms with van der Waals surface area (Å²) in [6, 6.07) is 14.5. The lowest BCUT2D eigenvalue weighted by molar-refractivity contribution is -0.136. The molecule has 3 aromatic rings. The van der Waals surface area contributed by atoms with Crippen molar-refractivity contribution in [2.24, 2.45) is 5.10 Å². The summed E-state index contributed by atoms with van der Waals surface area (Å²) in [5, 5.41) is 22.1. The van der Waals surface area contributed by atoms with Gasteiger partial charge in [0.1, 0.15) is 6.54 Å². The molecule has 0 atom stereocenters. The number of nitrogens with one attached hydrogen (secondary N) is 1. The Morgan fingerprint density at radius 3 is 2.25 bits per heavy atom. The van der Waals surface area contributed by atoms with E-state index in [1.54, 1.807) is 28.8 Å². The van der Waals surface area contributed by atoms with E-state index in [4.69, 9.17) is 5.11 Å². The molecule has 3 N–H and O–H groups in total. The van der Waals surface area contributed by atoms with Crippen LogP contribution in [0, 0.1) is 6.92 Å². The van der Waals surface area contributed by atoms with Gasteiger partial charge >= 0.3 is 17.8 Å². The van der Waals surface area contributed by atoms with Gasteiger partial charge in [0.2, 0.25) is 5.62 Å². The van der Waals surface area contributed by atoms with Crippen LogP contribution in [0.5, 0.6) is 0 Å². The van der Waals surface area contributed by atoms with Crippen LogP contribution in [0.4, 0.5) is 0 Å². The molecule has 0 unspecified atom stereocenters. The van der Waals surface area contributed by atoms with Gasteiger partial charge in [-0.25, -0.2) is 9.36 Å². The van der Waals surface area contributed by atoms with Crippen LogP contribution in [0.15, 0.2) is 53.6 Å². The van der Waals surface area contributed by atoms with Crippen molar-refractivity contribution >= 4 is 28.9 Å². The summed E-state index contributed by atoms with van der Waals surface area (Å²) < 4.78 is 2.62. The predicted molar refractivity (Wildman–Crippen MR) is 99.7 cm³/mol. The molecule has 1 aromatic heterocycles. The summed E-state index contributed by atoms with van der Waals surface area (Å²) in [5.74, 6) is -3.96. The van der Waals surface area contributed by atoms with Crippen molar-refractivity contribution in [3.05, 3.63) is 65.3 Å². The van der Waals surface area contributed by atoms with Gasteiger partial charge in [0.05, 0.1) is 17.6 Å². The largest absolute Gasteiger partial charge is 0.480 e. The standard InChI is InChI=1S/C19H18N4O5/c1-12-6-8-13(9-7-12)11-22-14-4-2-3-5-15(14)23(17(26)18(27)28)19(22)21-20-10-16(24)25/h2-9,20H,10-11H2,1H3,(H,24,25)(H,27,28)/b21-19+. The Morgan fingerprint density at radius 2 is 1.64 bits per heavy atom. The molecule has 0 bridgehead atoms. The fourth-order valence-electron chi connectivity index (χ4n) is 2.83. The molecule has 3 rings (SSSR count). The Balaban J connectivity index is 2.24. The summed E-state index contributed by atoms with van der Waals surface area (Å²) in [6.07, 6.45) is 0. The van der Waals surface area contributed by atoms with E-state index in [0.717, 1.165) is 15.7 Å². The first kappa shape index (κ1) is 18.9. The third kappa shape index (κ3) is 3.78. The Bertz CT molecular complexity index is 1130. The van der Waals surface area contributed by atoms with Gasteiger partial charge in [-0.1, -0.05) is 42.0 Å². The number of hydrogen-bond acceptors (Lipinski definition) is 5. The zero-order valence-electron chi connectivity index (χ0n) is 15.0. The molecule has 144 valence electrons. The van der Waals surface area contributed by atoms with Crippen LogP contribution in [0.2, 0.25) is 0 Å². The van der Waals surface area contributed by atoms with Gasteiger partial charge < -0.3 is 14.8 Å². The third-order valence-corrected chi connectivity index (χ3v) is 4.11. The van der Waals surface area contributed by atoms with Gasteiger partial charge in [-0.3, -0.25) is 15.0 Å². The lowest BCUT2D eigenvalue weighted by Gasteiger charge is -2.06. The number of carbonyl (C=O) groups is 3. The lowest BCUT2D eigenvalue weighted by atomic mass is 10.1. The van der Waals surface area contributed by atoms with E-state index in [-0.39, 0.29) is 5.62 Å². The molecule has 0 saturated carbocycles. The van der Waals surface area contributed by atoms with Crippen LogP contribution in [0.1, 0.15) is 15.9 Å². The minimum atomic E-state index is -1.64. The molecular formula is C19H18N4O5. The molecule has 0 fully saturated rings. The highest BCUT2D eigenvalue weighted by atomic mass is 16.4. The van der Waals surface area contributed by atoms with Crippen molar-refractivity contribution in [1.29, 1.82) is 0 Å². The second kappa shape index (κ2) is 7.78. The van der Waals surface area contributed by atoms with E-state index in [2.05, 4.69) is 10.5 Å². The molecule has 0 aliphatic carbocycles. The zero-order chi connectivity index (χ0) is 20.3. The van der Waals surface area contributed by atoms with E-state index in [1.807, 2.05) is 31.2 Å². The van der Waals surface area contributed by atoms with Crippen LogP contribution in [-0.2, 0) is 16.1 Å². The smallest absolute Gasteiger partial charge is 0.395 e. The van der Waals surface area contributed by atoms with Crippen LogP contribution >= 0.6 is 0 Å². The van der Waals surface area contributed by atoms with Crippen molar-refractivity contribution in [2.75, 3.05) is 6.54 Å². The average molecular weight is 382 g/mol. The maximum absolute atomic E-state index is 12.3. The minimum absolute atomic E-state index is 0.00424. The van der Waals surface area contributed by atoms with Gasteiger partial charge in [-0.15, -0.1) is 5.10 Å². The molecule has 2 aromatic carbocycles. The summed E-state index contributed by atoms with van der Waals surface area (Å²) in [7, 11) is 0. The number of benzene rings is 2. The average Bonchev–Trinajstić information content (AvgIpc) is 2.96. The number of aliphatic carboxylic acids is 2. The molecule has 0 saturated heterocycles. The van der Waals surface area contributed by atoms with Crippen molar-refractivity contribution in [3.8, 4) is 0 Å². The number of aromatic nitrogens is 2. The highest BCUT2D eigenvalue weighted by molar-refractivity contribution is 6.33. The molecule has 28 heavy (non-hydrogen) atoms. The Morgan fingerprint density at radius 1 is 1.00 bits per heavy atom. The van der Waals surface area contributed by atoms with Gasteiger partial charge in [0.25, 0.3) is 0 Å². The normalized spacial score (nSPS) is 11.5. The molecule has 0 amide bonds. The number of rotatable bonds is 5. The minimum Gasteiger partial charge on any atom is -0.480 e. The van der Waals surface area contributed by atoms with E-state index >= 15 is 0 Å². The summed E-state index contributed by atoms with van der Waals surface area (Å²) in [6.45, 7) is 1.80. The van der Waals surface area contributed by atoms with E-state index in [0.29, 0.717) is 17.6 Å². The monoisotopic (exact) mass is 382 g/mol. The van der Waals surface area contributed by atoms with E-state index in [1.165, 1.54) is 0 Å².